The fourth-order valence-electron chi connectivity index (χ4n) is 3.65. The van der Waals surface area contributed by atoms with Crippen molar-refractivity contribution in [2.24, 2.45) is 0 Å². The summed E-state index contributed by atoms with van der Waals surface area (Å²) in [6, 6.07) is 16.8. The first-order valence-electron chi connectivity index (χ1n) is 9.12. The second-order valence-electron chi connectivity index (χ2n) is 6.87. The van der Waals surface area contributed by atoms with Gasteiger partial charge in [-0.15, -0.1) is 0 Å². The zero-order valence-corrected chi connectivity index (χ0v) is 15.2. The van der Waals surface area contributed by atoms with Gasteiger partial charge in [-0.2, -0.15) is 0 Å². The van der Waals surface area contributed by atoms with Gasteiger partial charge in [0.25, 0.3) is 5.69 Å². The molecule has 6 nitrogen and oxygen atoms in total. The fourth-order valence-corrected chi connectivity index (χ4v) is 3.65. The van der Waals surface area contributed by atoms with E-state index in [9.17, 15) is 10.1 Å². The van der Waals surface area contributed by atoms with Gasteiger partial charge in [-0.05, 0) is 49.6 Å². The number of hydrogen-bond acceptors (Lipinski definition) is 5. The number of anilines is 1. The molecule has 2 heterocycles. The van der Waals surface area contributed by atoms with Crippen molar-refractivity contribution in [3.8, 4) is 5.75 Å². The van der Waals surface area contributed by atoms with Crippen LogP contribution in [-0.4, -0.2) is 29.1 Å². The number of non-ortho nitro benzene ring substituents is 1. The molecule has 1 fully saturated rings. The molecule has 4 rings (SSSR count). The van der Waals surface area contributed by atoms with Crippen LogP contribution >= 0.6 is 0 Å². The lowest BCUT2D eigenvalue weighted by Crippen LogP contribution is -2.34. The lowest BCUT2D eigenvalue weighted by molar-refractivity contribution is -0.384. The molecule has 0 saturated carbocycles. The maximum atomic E-state index is 10.8. The predicted molar refractivity (Wildman–Crippen MR) is 105 cm³/mol. The Morgan fingerprint density at radius 2 is 2.00 bits per heavy atom. The summed E-state index contributed by atoms with van der Waals surface area (Å²) in [6.45, 7) is 3.61. The molecule has 0 radical (unpaired) electrons. The van der Waals surface area contributed by atoms with Gasteiger partial charge in [0.05, 0.1) is 16.5 Å². The van der Waals surface area contributed by atoms with Crippen LogP contribution in [0.15, 0.2) is 54.6 Å². The molecule has 138 valence electrons. The second-order valence-corrected chi connectivity index (χ2v) is 6.87. The van der Waals surface area contributed by atoms with Crippen molar-refractivity contribution < 1.29 is 9.66 Å². The van der Waals surface area contributed by atoms with E-state index in [1.807, 2.05) is 18.2 Å². The highest BCUT2D eigenvalue weighted by atomic mass is 16.6. The molecule has 1 atom stereocenters. The number of nitrogens with zero attached hydrogens (tertiary/aromatic N) is 3. The minimum atomic E-state index is -0.407. The molecule has 0 unspecified atom stereocenters. The molecule has 3 aromatic rings. The minimum absolute atomic E-state index is 0.0701. The van der Waals surface area contributed by atoms with Crippen LogP contribution in [0.3, 0.4) is 0 Å². The van der Waals surface area contributed by atoms with Gasteiger partial charge in [0.1, 0.15) is 18.2 Å². The molecule has 0 bridgehead atoms. The van der Waals surface area contributed by atoms with E-state index in [1.54, 1.807) is 12.1 Å². The molecular weight excluding hydrogens is 342 g/mol. The number of benzene rings is 2. The molecule has 0 spiro atoms. The second kappa shape index (κ2) is 7.23. The van der Waals surface area contributed by atoms with Crippen LogP contribution in [0.1, 0.15) is 18.4 Å². The molecule has 0 aliphatic carbocycles. The Morgan fingerprint density at radius 3 is 2.78 bits per heavy atom. The number of aryl methyl sites for hydroxylation is 1. The third kappa shape index (κ3) is 3.56. The Balaban J connectivity index is 1.50. The molecule has 0 amide bonds. The van der Waals surface area contributed by atoms with Crippen LogP contribution in [0.5, 0.6) is 5.75 Å². The van der Waals surface area contributed by atoms with Gasteiger partial charge in [-0.1, -0.05) is 18.2 Å². The van der Waals surface area contributed by atoms with Gasteiger partial charge in [0, 0.05) is 24.1 Å². The zero-order valence-electron chi connectivity index (χ0n) is 15.2. The van der Waals surface area contributed by atoms with Crippen molar-refractivity contribution >= 4 is 22.4 Å². The van der Waals surface area contributed by atoms with Crippen molar-refractivity contribution in [2.75, 3.05) is 18.1 Å². The Morgan fingerprint density at radius 1 is 1.22 bits per heavy atom. The molecule has 2 aromatic carbocycles. The highest BCUT2D eigenvalue weighted by Gasteiger charge is 2.27. The third-order valence-electron chi connectivity index (χ3n) is 5.07. The molecule has 6 heteroatoms. The fraction of sp³-hybridized carbons (Fsp3) is 0.286. The van der Waals surface area contributed by atoms with Crippen molar-refractivity contribution in [3.63, 3.8) is 0 Å². The summed E-state index contributed by atoms with van der Waals surface area (Å²) in [7, 11) is 0. The highest BCUT2D eigenvalue weighted by molar-refractivity contribution is 5.83. The van der Waals surface area contributed by atoms with E-state index < -0.39 is 4.92 Å². The maximum Gasteiger partial charge on any atom is 0.269 e. The molecule has 1 aliphatic rings. The zero-order chi connectivity index (χ0) is 18.8. The van der Waals surface area contributed by atoms with Crippen molar-refractivity contribution in [1.29, 1.82) is 0 Å². The van der Waals surface area contributed by atoms with Gasteiger partial charge >= 0.3 is 0 Å². The van der Waals surface area contributed by atoms with Gasteiger partial charge in [-0.25, -0.2) is 4.98 Å². The number of aromatic nitrogens is 1. The minimum Gasteiger partial charge on any atom is -0.491 e. The van der Waals surface area contributed by atoms with Crippen LogP contribution in [-0.2, 0) is 0 Å². The summed E-state index contributed by atoms with van der Waals surface area (Å²) in [5.74, 6) is 1.64. The summed E-state index contributed by atoms with van der Waals surface area (Å²) in [5.41, 5.74) is 2.30. The average molecular weight is 363 g/mol. The van der Waals surface area contributed by atoms with Crippen LogP contribution < -0.4 is 9.64 Å². The van der Waals surface area contributed by atoms with E-state index in [-0.39, 0.29) is 11.7 Å². The van der Waals surface area contributed by atoms with E-state index >= 15 is 0 Å². The first-order valence-corrected chi connectivity index (χ1v) is 9.12. The molecular formula is C21H21N3O3. The predicted octanol–water partition coefficient (Wildman–Crippen LogP) is 4.50. The Hall–Kier alpha value is -3.15. The molecule has 1 aliphatic heterocycles. The van der Waals surface area contributed by atoms with E-state index in [0.29, 0.717) is 12.4 Å². The Bertz CT molecular complexity index is 972. The number of nitro benzene ring substituents is 1. The molecule has 1 saturated heterocycles. The Kier molecular flexibility index (Phi) is 4.62. The highest BCUT2D eigenvalue weighted by Crippen LogP contribution is 2.28. The standard InChI is InChI=1S/C21H21N3O3/c1-15-13-21(22-20-7-3-2-6-19(15)20)23-12-4-5-17(23)14-27-18-10-8-16(9-11-18)24(25)26/h2-3,6-11,13,17H,4-5,12,14H2,1H3/t17-/m0/s1. The summed E-state index contributed by atoms with van der Waals surface area (Å²) in [4.78, 5) is 17.5. The summed E-state index contributed by atoms with van der Waals surface area (Å²) >= 11 is 0. The topological polar surface area (TPSA) is 68.5 Å². The number of para-hydroxylation sites is 1. The SMILES string of the molecule is Cc1cc(N2CCC[C@H]2COc2ccc([N+](=O)[O-])cc2)nc2ccccc12. The van der Waals surface area contributed by atoms with Gasteiger partial charge in [0.2, 0.25) is 0 Å². The Labute approximate surface area is 157 Å². The van der Waals surface area contributed by atoms with Crippen LogP contribution in [0, 0.1) is 17.0 Å². The van der Waals surface area contributed by atoms with E-state index in [0.717, 1.165) is 30.7 Å². The maximum absolute atomic E-state index is 10.8. The first-order chi connectivity index (χ1) is 13.1. The quantitative estimate of drug-likeness (QED) is 0.493. The molecule has 27 heavy (non-hydrogen) atoms. The van der Waals surface area contributed by atoms with Gasteiger partial charge in [-0.3, -0.25) is 10.1 Å². The van der Waals surface area contributed by atoms with Crippen molar-refractivity contribution in [1.82, 2.24) is 4.98 Å². The molecule has 0 N–H and O–H groups in total. The van der Waals surface area contributed by atoms with Gasteiger partial charge in [0.15, 0.2) is 0 Å². The van der Waals surface area contributed by atoms with E-state index in [4.69, 9.17) is 9.72 Å². The van der Waals surface area contributed by atoms with Crippen LogP contribution in [0.4, 0.5) is 11.5 Å². The normalized spacial score (nSPS) is 16.6. The van der Waals surface area contributed by atoms with Crippen molar-refractivity contribution in [2.45, 2.75) is 25.8 Å². The number of fused-ring (bicyclic) bond motifs is 1. The summed E-state index contributed by atoms with van der Waals surface area (Å²) in [6.07, 6.45) is 2.14. The number of pyridine rings is 1. The average Bonchev–Trinajstić information content (AvgIpc) is 3.15. The first kappa shape index (κ1) is 17.3. The van der Waals surface area contributed by atoms with Crippen LogP contribution in [0.2, 0.25) is 0 Å². The van der Waals surface area contributed by atoms with E-state index in [2.05, 4.69) is 24.0 Å². The van der Waals surface area contributed by atoms with E-state index in [1.165, 1.54) is 23.1 Å². The van der Waals surface area contributed by atoms with Gasteiger partial charge < -0.3 is 9.64 Å². The lowest BCUT2D eigenvalue weighted by Gasteiger charge is -2.26. The monoisotopic (exact) mass is 363 g/mol. The summed E-state index contributed by atoms with van der Waals surface area (Å²) in [5, 5.41) is 11.9. The van der Waals surface area contributed by atoms with Crippen molar-refractivity contribution in [3.05, 3.63) is 70.3 Å². The molecule has 1 aromatic heterocycles. The smallest absolute Gasteiger partial charge is 0.269 e. The number of hydrogen-bond donors (Lipinski definition) is 0. The van der Waals surface area contributed by atoms with Crippen LogP contribution in [0.25, 0.3) is 10.9 Å². The largest absolute Gasteiger partial charge is 0.491 e. The number of nitro groups is 1. The number of rotatable bonds is 5. The number of ether oxygens (including phenoxy) is 1. The lowest BCUT2D eigenvalue weighted by atomic mass is 10.1. The third-order valence-corrected chi connectivity index (χ3v) is 5.07. The summed E-state index contributed by atoms with van der Waals surface area (Å²) < 4.78 is 5.90.